The van der Waals surface area contributed by atoms with Gasteiger partial charge in [0.15, 0.2) is 5.78 Å². The molecule has 5 nitrogen and oxygen atoms in total. The molecule has 0 unspecified atom stereocenters. The normalized spacial score (nSPS) is 12.5. The molecule has 51 heavy (non-hydrogen) atoms. The molecule has 0 aliphatic rings. The summed E-state index contributed by atoms with van der Waals surface area (Å²) in [4.78, 5) is 21.7. The van der Waals surface area contributed by atoms with Crippen LogP contribution in [0.15, 0.2) is 83.3 Å². The van der Waals surface area contributed by atoms with E-state index >= 15 is 0 Å². The average molecular weight is 866 g/mol. The maximum absolute atomic E-state index is 12.2. The summed E-state index contributed by atoms with van der Waals surface area (Å²) in [5.41, 5.74) is 6.41. The van der Waals surface area contributed by atoms with Gasteiger partial charge in [-0.25, -0.2) is 4.98 Å². The molecule has 0 fully saturated rings. The van der Waals surface area contributed by atoms with Gasteiger partial charge in [-0.1, -0.05) is 111 Å². The SMILES string of the molecule is CC(C)Cc1coc2nc(-c3ccnc(-c4[c-]c5ccccc5c(C(C)(C)C)c4)c3)ccc12.CCC(C)(CC)C(=O)/C=C(\O)C(C)(CC)CC.[Ir]. The molecule has 6 heteroatoms. The van der Waals surface area contributed by atoms with Gasteiger partial charge in [-0.3, -0.25) is 9.78 Å². The van der Waals surface area contributed by atoms with Gasteiger partial charge in [-0.05, 0) is 67.2 Å². The van der Waals surface area contributed by atoms with E-state index in [0.29, 0.717) is 11.6 Å². The molecule has 3 heterocycles. The van der Waals surface area contributed by atoms with Gasteiger partial charge in [-0.2, -0.15) is 0 Å². The van der Waals surface area contributed by atoms with Crippen molar-refractivity contribution in [2.75, 3.05) is 0 Å². The molecule has 2 aromatic carbocycles. The van der Waals surface area contributed by atoms with Crippen molar-refractivity contribution in [2.45, 2.75) is 114 Å². The van der Waals surface area contributed by atoms with Gasteiger partial charge in [0.25, 0.3) is 0 Å². The zero-order valence-electron chi connectivity index (χ0n) is 32.5. The monoisotopic (exact) mass is 866 g/mol. The molecule has 0 bridgehead atoms. The number of rotatable bonds is 11. The zero-order valence-corrected chi connectivity index (χ0v) is 34.9. The third-order valence-corrected chi connectivity index (χ3v) is 10.7. The van der Waals surface area contributed by atoms with E-state index in [-0.39, 0.29) is 47.9 Å². The number of hydrogen-bond acceptors (Lipinski definition) is 5. The minimum Gasteiger partial charge on any atom is -0.512 e. The molecule has 1 N–H and O–H groups in total. The second kappa shape index (κ2) is 17.3. The largest absolute Gasteiger partial charge is 0.512 e. The maximum atomic E-state index is 12.2. The van der Waals surface area contributed by atoms with Crippen molar-refractivity contribution in [2.24, 2.45) is 16.7 Å². The average Bonchev–Trinajstić information content (AvgIpc) is 3.51. The number of aromatic nitrogens is 2. The number of carbonyl (C=O) groups excluding carboxylic acids is 1. The molecule has 0 saturated carbocycles. The summed E-state index contributed by atoms with van der Waals surface area (Å²) < 4.78 is 5.80. The second-order valence-electron chi connectivity index (χ2n) is 15.7. The number of pyridine rings is 2. The van der Waals surface area contributed by atoms with Crippen LogP contribution < -0.4 is 0 Å². The Kier molecular flexibility index (Phi) is 14.2. The summed E-state index contributed by atoms with van der Waals surface area (Å²) in [6.07, 6.45) is 9.44. The number of allylic oxidation sites excluding steroid dienone is 2. The van der Waals surface area contributed by atoms with E-state index in [1.165, 1.54) is 22.6 Å². The van der Waals surface area contributed by atoms with Crippen LogP contribution >= 0.6 is 0 Å². The van der Waals surface area contributed by atoms with Gasteiger partial charge in [0.1, 0.15) is 5.76 Å². The molecule has 0 aliphatic heterocycles. The summed E-state index contributed by atoms with van der Waals surface area (Å²) in [7, 11) is 0. The van der Waals surface area contributed by atoms with Crippen LogP contribution in [0.3, 0.4) is 0 Å². The first-order valence-electron chi connectivity index (χ1n) is 18.3. The van der Waals surface area contributed by atoms with Crippen molar-refractivity contribution in [3.05, 3.63) is 96.1 Å². The van der Waals surface area contributed by atoms with Crippen LogP contribution in [0.25, 0.3) is 44.4 Å². The Balaban J connectivity index is 0.000000335. The van der Waals surface area contributed by atoms with Crippen LogP contribution in [0.5, 0.6) is 0 Å². The number of hydrogen-bond donors (Lipinski definition) is 1. The van der Waals surface area contributed by atoms with Gasteiger partial charge >= 0.3 is 0 Å². The molecule has 5 aromatic rings. The Morgan fingerprint density at radius 3 is 2.12 bits per heavy atom. The number of furan rings is 1. The van der Waals surface area contributed by atoms with Crippen molar-refractivity contribution in [3.63, 3.8) is 0 Å². The Morgan fingerprint density at radius 2 is 1.51 bits per heavy atom. The zero-order chi connectivity index (χ0) is 36.9. The van der Waals surface area contributed by atoms with E-state index in [2.05, 4.69) is 94.2 Å². The van der Waals surface area contributed by atoms with Crippen LogP contribution in [0.4, 0.5) is 0 Å². The molecule has 0 spiro atoms. The smallest absolute Gasteiger partial charge is 0.226 e. The first kappa shape index (κ1) is 41.8. The van der Waals surface area contributed by atoms with Crippen LogP contribution in [0.2, 0.25) is 0 Å². The number of ketones is 1. The van der Waals surface area contributed by atoms with Crippen molar-refractivity contribution in [3.8, 4) is 22.5 Å². The van der Waals surface area contributed by atoms with E-state index in [1.54, 1.807) is 0 Å². The fourth-order valence-electron chi connectivity index (χ4n) is 6.13. The van der Waals surface area contributed by atoms with Gasteiger partial charge < -0.3 is 9.52 Å². The summed E-state index contributed by atoms with van der Waals surface area (Å²) >= 11 is 0. The van der Waals surface area contributed by atoms with Gasteiger partial charge in [0, 0.05) is 59.9 Å². The van der Waals surface area contributed by atoms with Crippen LogP contribution in [-0.2, 0) is 36.7 Å². The first-order chi connectivity index (χ1) is 23.6. The number of aliphatic hydroxyl groups excluding tert-OH is 1. The summed E-state index contributed by atoms with van der Waals surface area (Å²) in [5, 5.41) is 13.6. The Morgan fingerprint density at radius 1 is 0.863 bits per heavy atom. The van der Waals surface area contributed by atoms with Crippen molar-refractivity contribution in [1.82, 2.24) is 9.97 Å². The second-order valence-corrected chi connectivity index (χ2v) is 15.7. The third-order valence-electron chi connectivity index (χ3n) is 10.7. The van der Waals surface area contributed by atoms with E-state index in [4.69, 9.17) is 9.40 Å². The minimum absolute atomic E-state index is 0. The van der Waals surface area contributed by atoms with Crippen molar-refractivity contribution >= 4 is 27.7 Å². The molecule has 3 aromatic heterocycles. The predicted octanol–water partition coefficient (Wildman–Crippen LogP) is 12.7. The summed E-state index contributed by atoms with van der Waals surface area (Å²) in [5.74, 6) is 0.859. The van der Waals surface area contributed by atoms with E-state index < -0.39 is 0 Å². The fourth-order valence-corrected chi connectivity index (χ4v) is 6.13. The molecule has 275 valence electrons. The van der Waals surface area contributed by atoms with Gasteiger partial charge in [0.05, 0.1) is 12.0 Å². The third kappa shape index (κ3) is 9.64. The maximum Gasteiger partial charge on any atom is 0.226 e. The topological polar surface area (TPSA) is 76.2 Å². The molecule has 0 atom stereocenters. The summed E-state index contributed by atoms with van der Waals surface area (Å²) in [6.45, 7) is 23.3. The fraction of sp³-hybridized carbons (Fsp3) is 0.444. The van der Waals surface area contributed by atoms with Crippen molar-refractivity contribution < 1.29 is 34.4 Å². The first-order valence-corrected chi connectivity index (χ1v) is 18.3. The minimum atomic E-state index is -0.337. The van der Waals surface area contributed by atoms with Gasteiger partial charge in [-0.15, -0.1) is 29.1 Å². The molecule has 0 aliphatic carbocycles. The summed E-state index contributed by atoms with van der Waals surface area (Å²) in [6, 6.07) is 22.6. The van der Waals surface area contributed by atoms with Crippen LogP contribution in [0.1, 0.15) is 113 Å². The predicted molar refractivity (Wildman–Crippen MR) is 209 cm³/mol. The molecule has 0 saturated heterocycles. The molecule has 1 radical (unpaired) electrons. The molecule has 0 amide bonds. The number of aliphatic hydroxyl groups is 1. The Bertz CT molecular complexity index is 1960. The number of benzene rings is 2. The molecular weight excluding hydrogens is 809 g/mol. The Hall–Kier alpha value is -3.60. The number of fused-ring (bicyclic) bond motifs is 2. The van der Waals surface area contributed by atoms with E-state index in [9.17, 15) is 9.90 Å². The standard InChI is InChI=1S/C30H29N2O.C15H28O2.Ir/c1-19(2)14-23-18-33-29-25(23)10-11-27(32-29)21-12-13-31-28(17-21)22-15-20-8-6-7-9-24(20)26(16-22)30(3,4)5;1-7-14(5,8-2)12(16)11-13(17)15(6,9-3)10-4;/h6-13,16-19H,14H2,1-5H3;11,16H,7-10H2,1-6H3;/q-1;;/b;12-11-;. The van der Waals surface area contributed by atoms with E-state index in [0.717, 1.165) is 65.4 Å². The van der Waals surface area contributed by atoms with Crippen LogP contribution in [0, 0.1) is 22.8 Å². The Labute approximate surface area is 319 Å². The molecular formula is C45H57IrN2O3-. The van der Waals surface area contributed by atoms with E-state index in [1.807, 2.05) is 60.1 Å². The number of carbonyl (C=O) groups is 1. The number of nitrogens with zero attached hydrogens (tertiary/aromatic N) is 2. The quantitative estimate of drug-likeness (QED) is 0.0813. The van der Waals surface area contributed by atoms with Crippen molar-refractivity contribution in [1.29, 1.82) is 0 Å². The van der Waals surface area contributed by atoms with Crippen LogP contribution in [-0.4, -0.2) is 20.9 Å². The molecule has 5 rings (SSSR count). The van der Waals surface area contributed by atoms with Gasteiger partial charge in [0.2, 0.25) is 5.71 Å².